The van der Waals surface area contributed by atoms with Crippen molar-refractivity contribution in [2.45, 2.75) is 0 Å². The van der Waals surface area contributed by atoms with Crippen LogP contribution in [-0.4, -0.2) is 11.6 Å². The van der Waals surface area contributed by atoms with Crippen LogP contribution in [0.15, 0.2) is 0 Å². The smallest absolute Gasteiger partial charge is 0.214 e. The van der Waals surface area contributed by atoms with Crippen molar-refractivity contribution in [2.24, 2.45) is 0 Å². The molecular weight excluding hydrogens is 78.0 g/mol. The molecule has 0 rings (SSSR count). The lowest BCUT2D eigenvalue weighted by Crippen LogP contribution is -1.41. The van der Waals surface area contributed by atoms with Gasteiger partial charge in [-0.2, -0.15) is 4.20 Å². The van der Waals surface area contributed by atoms with Gasteiger partial charge in [-0.05, 0) is 0 Å². The predicted molar refractivity (Wildman–Crippen MR) is 16.2 cm³/mol. The van der Waals surface area contributed by atoms with E-state index < -0.39 is 8.46 Å². The molecule has 0 bridgehead atoms. The molecule has 0 heterocycles. The highest BCUT2D eigenvalue weighted by Crippen LogP contribution is 2.23. The van der Waals surface area contributed by atoms with Gasteiger partial charge in [0, 0.05) is 6.66 Å². The summed E-state index contributed by atoms with van der Waals surface area (Å²) < 4.78 is 10.6. The Bertz CT molecular complexity index is 12.8. The Morgan fingerprint density at radius 3 is 2.00 bits per heavy atom. The minimum atomic E-state index is -2.12. The maximum absolute atomic E-state index is 10.6. The zero-order valence-electron chi connectivity index (χ0n) is 2.27. The minimum absolute atomic E-state index is 1.12. The van der Waals surface area contributed by atoms with Gasteiger partial charge in [0.25, 0.3) is 0 Å². The van der Waals surface area contributed by atoms with Gasteiger partial charge in [0.15, 0.2) is 0 Å². The minimum Gasteiger partial charge on any atom is -0.346 e. The molecule has 1 N–H and O–H groups in total. The van der Waals surface area contributed by atoms with E-state index in [2.05, 4.69) is 0 Å². The molecular formula is CH4FOP. The van der Waals surface area contributed by atoms with Gasteiger partial charge in [-0.25, -0.2) is 0 Å². The van der Waals surface area contributed by atoms with Crippen molar-refractivity contribution < 1.29 is 9.09 Å². The summed E-state index contributed by atoms with van der Waals surface area (Å²) in [4.78, 5) is 7.45. The highest BCUT2D eigenvalue weighted by molar-refractivity contribution is 7.44. The topological polar surface area (TPSA) is 20.2 Å². The van der Waals surface area contributed by atoms with Crippen molar-refractivity contribution in [2.75, 3.05) is 6.66 Å². The second-order valence-corrected chi connectivity index (χ2v) is 1.33. The Hall–Kier alpha value is 0.320. The average Bonchev–Trinajstić information content (AvgIpc) is 0.811. The Kier molecular flexibility index (Phi) is 1.75. The lowest BCUT2D eigenvalue weighted by atomic mass is 12.0. The van der Waals surface area contributed by atoms with E-state index in [1.807, 2.05) is 0 Å². The number of hydrogen-bond donors (Lipinski definition) is 1. The first-order valence-electron chi connectivity index (χ1n) is 0.816. The molecule has 1 atom stereocenters. The van der Waals surface area contributed by atoms with E-state index in [4.69, 9.17) is 4.89 Å². The molecule has 4 heavy (non-hydrogen) atoms. The third kappa shape index (κ3) is 39.5. The first-order valence-corrected chi connectivity index (χ1v) is 2.45. The summed E-state index contributed by atoms with van der Waals surface area (Å²) >= 11 is 0. The summed E-state index contributed by atoms with van der Waals surface area (Å²) in [6.07, 6.45) is 0. The van der Waals surface area contributed by atoms with Gasteiger partial charge in [-0.3, -0.25) is 0 Å². The molecule has 0 radical (unpaired) electrons. The second kappa shape index (κ2) is 1.62. The van der Waals surface area contributed by atoms with E-state index in [1.54, 1.807) is 0 Å². The molecule has 1 nitrogen and oxygen atoms in total. The van der Waals surface area contributed by atoms with Gasteiger partial charge in [-0.15, -0.1) is 0 Å². The first kappa shape index (κ1) is 4.32. The highest BCUT2D eigenvalue weighted by atomic mass is 31.2. The van der Waals surface area contributed by atoms with Crippen LogP contribution in [0, 0.1) is 0 Å². The largest absolute Gasteiger partial charge is 0.346 e. The fraction of sp³-hybridized carbons (Fsp3) is 1.00. The van der Waals surface area contributed by atoms with E-state index in [0.29, 0.717) is 0 Å². The SMILES string of the molecule is CP(O)F. The van der Waals surface area contributed by atoms with Crippen LogP contribution in [0.1, 0.15) is 0 Å². The first-order chi connectivity index (χ1) is 1.73. The summed E-state index contributed by atoms with van der Waals surface area (Å²) in [5, 5.41) is 0. The van der Waals surface area contributed by atoms with Crippen molar-refractivity contribution in [1.82, 2.24) is 0 Å². The molecule has 0 aliphatic heterocycles. The van der Waals surface area contributed by atoms with Crippen LogP contribution >= 0.6 is 8.46 Å². The van der Waals surface area contributed by atoms with E-state index in [-0.39, 0.29) is 0 Å². The van der Waals surface area contributed by atoms with Gasteiger partial charge in [-0.1, -0.05) is 0 Å². The van der Waals surface area contributed by atoms with E-state index in [0.717, 1.165) is 6.66 Å². The second-order valence-electron chi connectivity index (χ2n) is 0.445. The Labute approximate surface area is 25.4 Å². The zero-order valence-corrected chi connectivity index (χ0v) is 3.17. The van der Waals surface area contributed by atoms with Crippen LogP contribution in [0.4, 0.5) is 4.20 Å². The fourth-order valence-corrected chi connectivity index (χ4v) is 0. The molecule has 0 aromatic heterocycles. The van der Waals surface area contributed by atoms with Crippen molar-refractivity contribution in [3.8, 4) is 0 Å². The average molecular weight is 82.0 g/mol. The summed E-state index contributed by atoms with van der Waals surface area (Å²) in [5.74, 6) is 0. The van der Waals surface area contributed by atoms with Crippen LogP contribution in [-0.2, 0) is 0 Å². The van der Waals surface area contributed by atoms with Crippen LogP contribution in [0.3, 0.4) is 0 Å². The van der Waals surface area contributed by atoms with Crippen molar-refractivity contribution in [3.05, 3.63) is 0 Å². The molecule has 0 saturated carbocycles. The Morgan fingerprint density at radius 2 is 2.00 bits per heavy atom. The Morgan fingerprint density at radius 1 is 2.00 bits per heavy atom. The fourth-order valence-electron chi connectivity index (χ4n) is 0. The molecule has 0 spiro atoms. The van der Waals surface area contributed by atoms with Crippen LogP contribution in [0.2, 0.25) is 0 Å². The van der Waals surface area contributed by atoms with Crippen LogP contribution in [0.5, 0.6) is 0 Å². The van der Waals surface area contributed by atoms with E-state index in [9.17, 15) is 4.20 Å². The molecule has 0 fully saturated rings. The molecule has 0 aliphatic carbocycles. The predicted octanol–water partition coefficient (Wildman–Crippen LogP) is 0.890. The summed E-state index contributed by atoms with van der Waals surface area (Å²) in [7, 11) is -2.12. The van der Waals surface area contributed by atoms with Gasteiger partial charge in [0.05, 0.1) is 0 Å². The maximum Gasteiger partial charge on any atom is 0.214 e. The van der Waals surface area contributed by atoms with Gasteiger partial charge in [0.1, 0.15) is 0 Å². The van der Waals surface area contributed by atoms with E-state index in [1.165, 1.54) is 0 Å². The van der Waals surface area contributed by atoms with E-state index >= 15 is 0 Å². The van der Waals surface area contributed by atoms with Gasteiger partial charge >= 0.3 is 0 Å². The molecule has 0 aromatic rings. The third-order valence-electron chi connectivity index (χ3n) is 0. The normalized spacial score (nSPS) is 15.8. The number of halogens is 1. The number of hydrogen-bond acceptors (Lipinski definition) is 1. The van der Waals surface area contributed by atoms with Gasteiger partial charge in [0.2, 0.25) is 8.46 Å². The molecule has 0 saturated heterocycles. The van der Waals surface area contributed by atoms with Gasteiger partial charge < -0.3 is 4.89 Å². The quantitative estimate of drug-likeness (QED) is 0.430. The van der Waals surface area contributed by atoms with Crippen molar-refractivity contribution in [1.29, 1.82) is 0 Å². The summed E-state index contributed by atoms with van der Waals surface area (Å²) in [5.41, 5.74) is 0. The Balaban J connectivity index is 2.32. The molecule has 3 heteroatoms. The molecule has 0 aliphatic rings. The lowest BCUT2D eigenvalue weighted by Gasteiger charge is -1.73. The zero-order chi connectivity index (χ0) is 3.58. The summed E-state index contributed by atoms with van der Waals surface area (Å²) in [6, 6.07) is 0. The van der Waals surface area contributed by atoms with Crippen LogP contribution < -0.4 is 0 Å². The molecule has 1 unspecified atom stereocenters. The lowest BCUT2D eigenvalue weighted by molar-refractivity contribution is 0.576. The summed E-state index contributed by atoms with van der Waals surface area (Å²) in [6.45, 7) is 1.12. The monoisotopic (exact) mass is 82.0 g/mol. The maximum atomic E-state index is 10.6. The number of rotatable bonds is 0. The molecule has 26 valence electrons. The van der Waals surface area contributed by atoms with Crippen molar-refractivity contribution in [3.63, 3.8) is 0 Å². The third-order valence-corrected chi connectivity index (χ3v) is 0. The standard InChI is InChI=1S/CH4FOP/c1-4(2)3/h3H,1H3. The highest BCUT2D eigenvalue weighted by Gasteiger charge is 1.77. The van der Waals surface area contributed by atoms with Crippen molar-refractivity contribution >= 4 is 8.46 Å². The molecule has 0 amide bonds. The molecule has 0 aromatic carbocycles. The van der Waals surface area contributed by atoms with Crippen LogP contribution in [0.25, 0.3) is 0 Å².